The summed E-state index contributed by atoms with van der Waals surface area (Å²) in [6.45, 7) is 8.83. The van der Waals surface area contributed by atoms with Crippen LogP contribution in [0.3, 0.4) is 0 Å². The van der Waals surface area contributed by atoms with Gasteiger partial charge in [0.05, 0.1) is 12.2 Å². The first-order valence-electron chi connectivity index (χ1n) is 38.5. The highest BCUT2D eigenvalue weighted by Gasteiger charge is 2.16. The summed E-state index contributed by atoms with van der Waals surface area (Å²) in [6.07, 6.45) is 88.1. The van der Waals surface area contributed by atoms with E-state index in [4.69, 9.17) is 4.74 Å². The van der Waals surface area contributed by atoms with E-state index in [2.05, 4.69) is 31.4 Å². The molecule has 5 nitrogen and oxygen atoms in total. The molecule has 0 aliphatic rings. The van der Waals surface area contributed by atoms with Crippen LogP contribution in [0.4, 0.5) is 0 Å². The number of carbonyl (C=O) groups excluding carboxylic acids is 2. The molecule has 2 N–H and O–H groups in total. The van der Waals surface area contributed by atoms with Gasteiger partial charge in [-0.2, -0.15) is 0 Å². The second-order valence-corrected chi connectivity index (χ2v) is 26.6. The third-order valence-corrected chi connectivity index (χ3v) is 18.4. The number of benzene rings is 1. The summed E-state index contributed by atoms with van der Waals surface area (Å²) in [7, 11) is 0. The lowest BCUT2D eigenvalue weighted by molar-refractivity contribution is 0.0937. The van der Waals surface area contributed by atoms with E-state index in [-0.39, 0.29) is 11.8 Å². The van der Waals surface area contributed by atoms with Crippen LogP contribution in [0.5, 0.6) is 5.75 Å². The summed E-state index contributed by atoms with van der Waals surface area (Å²) in [5.74, 6) is 0.378. The second-order valence-electron chi connectivity index (χ2n) is 26.6. The Morgan fingerprint density at radius 2 is 0.470 bits per heavy atom. The Hall–Kier alpha value is -2.04. The average Bonchev–Trinajstić information content (AvgIpc) is 3.56. The first-order chi connectivity index (χ1) is 41.1. The lowest BCUT2D eigenvalue weighted by Gasteiger charge is -2.14. The van der Waals surface area contributed by atoms with Crippen LogP contribution < -0.4 is 15.4 Å². The Kier molecular flexibility index (Phi) is 64.2. The molecule has 0 aliphatic heterocycles. The predicted octanol–water partition coefficient (Wildman–Crippen LogP) is 26.6. The molecular weight excluding hydrogens is 1010 g/mol. The van der Waals surface area contributed by atoms with Gasteiger partial charge < -0.3 is 15.4 Å². The van der Waals surface area contributed by atoms with Crippen molar-refractivity contribution < 1.29 is 14.3 Å². The van der Waals surface area contributed by atoms with E-state index in [1.165, 1.54) is 372 Å². The SMILES string of the molecule is CCCCCCCCCCCCCCCCCCCCCCCCCCCCCNC(=O)c1ccc(C(=O)NCCCCCCCCCCCCCCCCCCCCCCCCCCCCC)c(OCCCCCCCCCCCC)c1. The molecule has 1 rings (SSSR count). The molecule has 1 aromatic rings. The minimum Gasteiger partial charge on any atom is -0.493 e. The summed E-state index contributed by atoms with van der Waals surface area (Å²) < 4.78 is 6.31. The summed E-state index contributed by atoms with van der Waals surface area (Å²) in [5.41, 5.74) is 1.12. The first-order valence-corrected chi connectivity index (χ1v) is 38.5. The van der Waals surface area contributed by atoms with Crippen molar-refractivity contribution in [2.45, 2.75) is 432 Å². The number of nitrogens with one attached hydrogen (secondary N) is 2. The van der Waals surface area contributed by atoms with Gasteiger partial charge in [-0.15, -0.1) is 0 Å². The summed E-state index contributed by atoms with van der Waals surface area (Å²) in [5, 5.41) is 6.34. The molecular formula is C78H148N2O3. The zero-order valence-corrected chi connectivity index (χ0v) is 56.8. The largest absolute Gasteiger partial charge is 0.493 e. The quantitative estimate of drug-likeness (QED) is 0.0639. The summed E-state index contributed by atoms with van der Waals surface area (Å²) in [6, 6.07) is 5.42. The molecule has 0 radical (unpaired) electrons. The highest BCUT2D eigenvalue weighted by Crippen LogP contribution is 2.24. The molecule has 0 unspecified atom stereocenters. The number of hydrogen-bond acceptors (Lipinski definition) is 3. The Labute approximate surface area is 520 Å². The van der Waals surface area contributed by atoms with Gasteiger partial charge in [-0.3, -0.25) is 9.59 Å². The molecule has 0 heterocycles. The van der Waals surface area contributed by atoms with Gasteiger partial charge in [0.25, 0.3) is 11.8 Å². The lowest BCUT2D eigenvalue weighted by Crippen LogP contribution is -2.26. The molecule has 0 saturated heterocycles. The van der Waals surface area contributed by atoms with Crippen LogP contribution in [0.25, 0.3) is 0 Å². The molecule has 0 saturated carbocycles. The molecule has 1 aromatic carbocycles. The van der Waals surface area contributed by atoms with Gasteiger partial charge >= 0.3 is 0 Å². The fourth-order valence-corrected chi connectivity index (χ4v) is 12.6. The Morgan fingerprint density at radius 1 is 0.265 bits per heavy atom. The van der Waals surface area contributed by atoms with E-state index in [1.807, 2.05) is 12.1 Å². The molecule has 5 heteroatoms. The third kappa shape index (κ3) is 57.5. The van der Waals surface area contributed by atoms with Gasteiger partial charge in [-0.05, 0) is 37.5 Å². The first kappa shape index (κ1) is 79.0. The van der Waals surface area contributed by atoms with Crippen molar-refractivity contribution >= 4 is 11.8 Å². The maximum atomic E-state index is 13.5. The van der Waals surface area contributed by atoms with E-state index >= 15 is 0 Å². The summed E-state index contributed by atoms with van der Waals surface area (Å²) >= 11 is 0. The number of carbonyl (C=O) groups is 2. The number of unbranched alkanes of at least 4 members (excludes halogenated alkanes) is 61. The molecule has 0 aromatic heterocycles. The van der Waals surface area contributed by atoms with Gasteiger partial charge in [-0.1, -0.05) is 412 Å². The number of ether oxygens (including phenoxy) is 1. The highest BCUT2D eigenvalue weighted by molar-refractivity contribution is 6.00. The van der Waals surface area contributed by atoms with Gasteiger partial charge in [0.15, 0.2) is 0 Å². The molecule has 83 heavy (non-hydrogen) atoms. The molecule has 0 bridgehead atoms. The van der Waals surface area contributed by atoms with Crippen molar-refractivity contribution in [1.82, 2.24) is 10.6 Å². The van der Waals surface area contributed by atoms with Crippen molar-refractivity contribution in [3.63, 3.8) is 0 Å². The average molecular weight is 1160 g/mol. The smallest absolute Gasteiger partial charge is 0.255 e. The highest BCUT2D eigenvalue weighted by atomic mass is 16.5. The predicted molar refractivity (Wildman–Crippen MR) is 369 cm³/mol. The van der Waals surface area contributed by atoms with Crippen molar-refractivity contribution in [3.05, 3.63) is 29.3 Å². The van der Waals surface area contributed by atoms with Crippen molar-refractivity contribution in [2.75, 3.05) is 19.7 Å². The van der Waals surface area contributed by atoms with E-state index in [0.717, 1.165) is 38.5 Å². The van der Waals surface area contributed by atoms with Crippen LogP contribution in [-0.4, -0.2) is 31.5 Å². The zero-order valence-electron chi connectivity index (χ0n) is 56.8. The van der Waals surface area contributed by atoms with Crippen LogP contribution in [0.15, 0.2) is 18.2 Å². The van der Waals surface area contributed by atoms with Crippen LogP contribution in [0.2, 0.25) is 0 Å². The molecule has 0 spiro atoms. The zero-order chi connectivity index (χ0) is 59.5. The van der Waals surface area contributed by atoms with Gasteiger partial charge in [-0.25, -0.2) is 0 Å². The van der Waals surface area contributed by atoms with E-state index in [9.17, 15) is 9.59 Å². The fraction of sp³-hybridized carbons (Fsp3) is 0.897. The van der Waals surface area contributed by atoms with Crippen LogP contribution in [-0.2, 0) is 0 Å². The van der Waals surface area contributed by atoms with Crippen LogP contribution in [0.1, 0.15) is 452 Å². The monoisotopic (exact) mass is 1160 g/mol. The Bertz CT molecular complexity index is 1440. The maximum Gasteiger partial charge on any atom is 0.255 e. The molecule has 0 atom stereocenters. The Balaban J connectivity index is 2.16. The third-order valence-electron chi connectivity index (χ3n) is 18.4. The van der Waals surface area contributed by atoms with Crippen molar-refractivity contribution in [2.24, 2.45) is 0 Å². The van der Waals surface area contributed by atoms with Crippen molar-refractivity contribution in [1.29, 1.82) is 0 Å². The van der Waals surface area contributed by atoms with E-state index in [1.54, 1.807) is 6.07 Å². The van der Waals surface area contributed by atoms with Crippen LogP contribution >= 0.6 is 0 Å². The number of hydrogen-bond donors (Lipinski definition) is 2. The van der Waals surface area contributed by atoms with Gasteiger partial charge in [0.1, 0.15) is 5.75 Å². The molecule has 2 amide bonds. The van der Waals surface area contributed by atoms with Crippen molar-refractivity contribution in [3.8, 4) is 5.75 Å². The number of amides is 2. The number of rotatable bonds is 70. The topological polar surface area (TPSA) is 67.4 Å². The fourth-order valence-electron chi connectivity index (χ4n) is 12.6. The normalized spacial score (nSPS) is 11.5. The van der Waals surface area contributed by atoms with Gasteiger partial charge in [0.2, 0.25) is 0 Å². The minimum atomic E-state index is -0.0921. The standard InChI is InChI=1S/C78H148N2O3/c1-4-7-10-13-16-19-22-24-26-28-30-32-34-36-38-40-42-44-46-48-50-52-54-56-59-62-65-70-79-77(81)74-68-69-75(76(73-74)83-72-67-64-61-58-21-18-15-12-9-6-3)78(82)80-71-66-63-60-57-55-53-51-49-47-45-43-41-39-37-35-33-31-29-27-25-23-20-17-14-11-8-5-2/h68-69,73H,4-67,70-72H2,1-3H3,(H,79,81)(H,80,82). The van der Waals surface area contributed by atoms with Crippen LogP contribution in [0, 0.1) is 0 Å². The molecule has 0 fully saturated rings. The molecule has 488 valence electrons. The maximum absolute atomic E-state index is 13.5. The van der Waals surface area contributed by atoms with Gasteiger partial charge in [0, 0.05) is 18.7 Å². The lowest BCUT2D eigenvalue weighted by atomic mass is 10.0. The Morgan fingerprint density at radius 3 is 0.711 bits per heavy atom. The second kappa shape index (κ2) is 67.5. The van der Waals surface area contributed by atoms with E-state index in [0.29, 0.717) is 36.6 Å². The summed E-state index contributed by atoms with van der Waals surface area (Å²) in [4.78, 5) is 26.8. The molecule has 0 aliphatic carbocycles. The van der Waals surface area contributed by atoms with E-state index < -0.39 is 0 Å². The minimum absolute atomic E-state index is 0.0729.